The summed E-state index contributed by atoms with van der Waals surface area (Å²) >= 11 is 0. The molecule has 0 saturated heterocycles. The molecule has 2 N–H and O–H groups in total. The highest BCUT2D eigenvalue weighted by Gasteiger charge is 2.07. The molecule has 5 heteroatoms. The predicted octanol–water partition coefficient (Wildman–Crippen LogP) is 0.0610. The molecule has 0 atom stereocenters. The van der Waals surface area contributed by atoms with E-state index in [0.29, 0.717) is 12.6 Å². The zero-order valence-corrected chi connectivity index (χ0v) is 7.61. The van der Waals surface area contributed by atoms with Crippen LogP contribution in [0.1, 0.15) is 19.7 Å². The fraction of sp³-hybridized carbons (Fsp3) is 0.714. The van der Waals surface area contributed by atoms with Gasteiger partial charge < -0.3 is 10.5 Å². The molecule has 0 spiro atoms. The smallest absolute Gasteiger partial charge is 0.335 e. The van der Waals surface area contributed by atoms with E-state index in [4.69, 9.17) is 10.5 Å². The summed E-state index contributed by atoms with van der Waals surface area (Å²) in [4.78, 5) is 4.07. The van der Waals surface area contributed by atoms with Gasteiger partial charge in [0.1, 0.15) is 5.82 Å². The largest absolute Gasteiger partial charge is 0.460 e. The number of nitrogens with zero attached hydrogens (tertiary/aromatic N) is 3. The molecule has 1 aromatic rings. The monoisotopic (exact) mass is 170 g/mol. The number of rotatable bonds is 3. The fourth-order valence-electron chi connectivity index (χ4n) is 0.830. The third-order valence-electron chi connectivity index (χ3n) is 1.36. The highest BCUT2D eigenvalue weighted by molar-refractivity contribution is 4.96. The van der Waals surface area contributed by atoms with Crippen molar-refractivity contribution >= 4 is 0 Å². The maximum absolute atomic E-state index is 5.42. The van der Waals surface area contributed by atoms with Crippen LogP contribution in [0.4, 0.5) is 0 Å². The second-order valence-electron chi connectivity index (χ2n) is 2.80. The number of nitrogens with two attached hydrogens (primary N) is 1. The summed E-state index contributed by atoms with van der Waals surface area (Å²) in [5.41, 5.74) is 5.42. The Labute approximate surface area is 71.5 Å². The van der Waals surface area contributed by atoms with Gasteiger partial charge in [-0.3, -0.25) is 0 Å². The summed E-state index contributed by atoms with van der Waals surface area (Å²) in [5.74, 6) is 0.727. The Bertz CT molecular complexity index is 256. The average molecular weight is 170 g/mol. The zero-order chi connectivity index (χ0) is 9.14. The number of hydrogen-bond acceptors (Lipinski definition) is 4. The van der Waals surface area contributed by atoms with Crippen LogP contribution in [0.5, 0.6) is 6.01 Å². The maximum Gasteiger partial charge on any atom is 0.335 e. The number of ether oxygens (including phenoxy) is 1. The Hall–Kier alpha value is -1.10. The second kappa shape index (κ2) is 3.53. The molecule has 5 nitrogen and oxygen atoms in total. The van der Waals surface area contributed by atoms with E-state index in [1.807, 2.05) is 13.8 Å². The molecule has 0 aliphatic carbocycles. The van der Waals surface area contributed by atoms with Crippen LogP contribution >= 0.6 is 0 Å². The van der Waals surface area contributed by atoms with Crippen LogP contribution in [0, 0.1) is 0 Å². The molecule has 0 saturated carbocycles. The van der Waals surface area contributed by atoms with Gasteiger partial charge in [-0.2, -0.15) is 4.98 Å². The van der Waals surface area contributed by atoms with E-state index in [2.05, 4.69) is 10.1 Å². The first-order valence-corrected chi connectivity index (χ1v) is 3.90. The molecular formula is C7H14N4O. The maximum atomic E-state index is 5.42. The van der Waals surface area contributed by atoms with Crippen molar-refractivity contribution in [3.8, 4) is 6.01 Å². The van der Waals surface area contributed by atoms with Crippen molar-refractivity contribution in [2.75, 3.05) is 0 Å². The second-order valence-corrected chi connectivity index (χ2v) is 2.80. The zero-order valence-electron chi connectivity index (χ0n) is 7.61. The van der Waals surface area contributed by atoms with Crippen molar-refractivity contribution in [1.29, 1.82) is 0 Å². The highest BCUT2D eigenvalue weighted by atomic mass is 16.5. The SMILES string of the molecule is CC(C)Oc1nc(CN)n(C)n1. The van der Waals surface area contributed by atoms with E-state index in [1.165, 1.54) is 0 Å². The van der Waals surface area contributed by atoms with Crippen LogP contribution in [-0.2, 0) is 13.6 Å². The highest BCUT2D eigenvalue weighted by Crippen LogP contribution is 2.05. The van der Waals surface area contributed by atoms with Crippen LogP contribution in [0.3, 0.4) is 0 Å². The molecule has 0 bridgehead atoms. The number of aromatic nitrogens is 3. The van der Waals surface area contributed by atoms with Crippen LogP contribution in [0.25, 0.3) is 0 Å². The summed E-state index contributed by atoms with van der Waals surface area (Å²) in [6.07, 6.45) is 0.0954. The molecule has 0 unspecified atom stereocenters. The number of hydrogen-bond donors (Lipinski definition) is 1. The van der Waals surface area contributed by atoms with Gasteiger partial charge in [0.05, 0.1) is 12.6 Å². The molecule has 0 radical (unpaired) electrons. The van der Waals surface area contributed by atoms with Gasteiger partial charge in [-0.05, 0) is 13.8 Å². The predicted molar refractivity (Wildman–Crippen MR) is 44.7 cm³/mol. The lowest BCUT2D eigenvalue weighted by Gasteiger charge is -2.02. The topological polar surface area (TPSA) is 66.0 Å². The van der Waals surface area contributed by atoms with E-state index in [1.54, 1.807) is 11.7 Å². The van der Waals surface area contributed by atoms with Gasteiger partial charge in [0.25, 0.3) is 0 Å². The summed E-state index contributed by atoms with van der Waals surface area (Å²) in [6.45, 7) is 4.24. The minimum atomic E-state index is 0.0954. The van der Waals surface area contributed by atoms with E-state index in [0.717, 1.165) is 5.82 Å². The van der Waals surface area contributed by atoms with Crippen LogP contribution in [0.2, 0.25) is 0 Å². The first kappa shape index (κ1) is 8.99. The molecule has 12 heavy (non-hydrogen) atoms. The first-order chi connectivity index (χ1) is 5.63. The lowest BCUT2D eigenvalue weighted by molar-refractivity contribution is 0.221. The van der Waals surface area contributed by atoms with Crippen molar-refractivity contribution in [2.45, 2.75) is 26.5 Å². The van der Waals surface area contributed by atoms with Crippen LogP contribution in [-0.4, -0.2) is 20.9 Å². The van der Waals surface area contributed by atoms with Gasteiger partial charge in [0, 0.05) is 7.05 Å². The standard InChI is InChI=1S/C7H14N4O/c1-5(2)12-7-9-6(4-8)11(3)10-7/h5H,4,8H2,1-3H3. The summed E-state index contributed by atoms with van der Waals surface area (Å²) in [6, 6.07) is 0.396. The van der Waals surface area contributed by atoms with Gasteiger partial charge >= 0.3 is 6.01 Å². The lowest BCUT2D eigenvalue weighted by Crippen LogP contribution is -2.06. The van der Waals surface area contributed by atoms with Crippen molar-refractivity contribution in [3.63, 3.8) is 0 Å². The molecule has 0 amide bonds. The first-order valence-electron chi connectivity index (χ1n) is 3.90. The minimum absolute atomic E-state index is 0.0954. The van der Waals surface area contributed by atoms with Crippen molar-refractivity contribution in [1.82, 2.24) is 14.8 Å². The van der Waals surface area contributed by atoms with Gasteiger partial charge in [-0.15, -0.1) is 5.10 Å². The van der Waals surface area contributed by atoms with Crippen molar-refractivity contribution in [2.24, 2.45) is 12.8 Å². The average Bonchev–Trinajstić information content (AvgIpc) is 2.29. The molecule has 1 heterocycles. The Morgan fingerprint density at radius 2 is 2.25 bits per heavy atom. The Morgan fingerprint density at radius 3 is 2.67 bits per heavy atom. The summed E-state index contributed by atoms with van der Waals surface area (Å²) in [5, 5.41) is 4.02. The van der Waals surface area contributed by atoms with Crippen molar-refractivity contribution in [3.05, 3.63) is 5.82 Å². The normalized spacial score (nSPS) is 10.8. The van der Waals surface area contributed by atoms with Crippen LogP contribution < -0.4 is 10.5 Å². The van der Waals surface area contributed by atoms with Crippen LogP contribution in [0.15, 0.2) is 0 Å². The third kappa shape index (κ3) is 1.94. The molecule has 0 aliphatic rings. The van der Waals surface area contributed by atoms with Gasteiger partial charge in [0.15, 0.2) is 0 Å². The molecule has 0 aromatic carbocycles. The Balaban J connectivity index is 2.75. The molecule has 1 rings (SSSR count). The third-order valence-corrected chi connectivity index (χ3v) is 1.36. The van der Waals surface area contributed by atoms with Crippen molar-refractivity contribution < 1.29 is 4.74 Å². The van der Waals surface area contributed by atoms with Gasteiger partial charge in [0.2, 0.25) is 0 Å². The van der Waals surface area contributed by atoms with Gasteiger partial charge in [-0.1, -0.05) is 0 Å². The number of aryl methyl sites for hydroxylation is 1. The van der Waals surface area contributed by atoms with E-state index in [-0.39, 0.29) is 6.10 Å². The molecule has 0 aliphatic heterocycles. The summed E-state index contributed by atoms with van der Waals surface area (Å²) in [7, 11) is 1.79. The Morgan fingerprint density at radius 1 is 1.58 bits per heavy atom. The Kier molecular flexibility index (Phi) is 2.65. The minimum Gasteiger partial charge on any atom is -0.460 e. The molecular weight excluding hydrogens is 156 g/mol. The fourth-order valence-corrected chi connectivity index (χ4v) is 0.830. The lowest BCUT2D eigenvalue weighted by atomic mass is 10.5. The molecule has 1 aromatic heterocycles. The summed E-state index contributed by atoms with van der Waals surface area (Å²) < 4.78 is 6.90. The van der Waals surface area contributed by atoms with E-state index < -0.39 is 0 Å². The molecule has 68 valence electrons. The quantitative estimate of drug-likeness (QED) is 0.696. The van der Waals surface area contributed by atoms with E-state index in [9.17, 15) is 0 Å². The van der Waals surface area contributed by atoms with E-state index >= 15 is 0 Å². The molecule has 0 fully saturated rings. The van der Waals surface area contributed by atoms with Gasteiger partial charge in [-0.25, -0.2) is 4.68 Å².